The Morgan fingerprint density at radius 1 is 1.40 bits per heavy atom. The van der Waals surface area contributed by atoms with Crippen molar-refractivity contribution in [2.45, 2.75) is 19.4 Å². The number of rotatable bonds is 4. The highest BCUT2D eigenvalue weighted by Gasteiger charge is 2.16. The lowest BCUT2D eigenvalue weighted by molar-refractivity contribution is 0.208. The van der Waals surface area contributed by atoms with E-state index in [1.807, 2.05) is 25.1 Å². The maximum absolute atomic E-state index is 12.2. The zero-order valence-corrected chi connectivity index (χ0v) is 13.9. The van der Waals surface area contributed by atoms with Crippen LogP contribution in [0.15, 0.2) is 47.0 Å². The topological polar surface area (TPSA) is 95.1 Å². The van der Waals surface area contributed by atoms with Gasteiger partial charge >= 0.3 is 6.03 Å². The largest absolute Gasteiger partial charge is 0.435 e. The van der Waals surface area contributed by atoms with Crippen molar-refractivity contribution in [1.29, 1.82) is 5.26 Å². The first kappa shape index (κ1) is 16.5. The Bertz CT molecular complexity index is 930. The number of hydrogen-bond acceptors (Lipinski definition) is 5. The van der Waals surface area contributed by atoms with E-state index < -0.39 is 0 Å². The number of nitrogens with zero attached hydrogens (tertiary/aromatic N) is 4. The van der Waals surface area contributed by atoms with Crippen molar-refractivity contribution >= 4 is 22.8 Å². The fourth-order valence-corrected chi connectivity index (χ4v) is 2.28. The van der Waals surface area contributed by atoms with Gasteiger partial charge in [-0.3, -0.25) is 4.98 Å². The second-order valence-corrected chi connectivity index (χ2v) is 5.67. The van der Waals surface area contributed by atoms with E-state index in [0.717, 1.165) is 0 Å². The Hall–Kier alpha value is -3.40. The van der Waals surface area contributed by atoms with Gasteiger partial charge in [0.15, 0.2) is 5.58 Å². The summed E-state index contributed by atoms with van der Waals surface area (Å²) in [6, 6.07) is 12.4. The van der Waals surface area contributed by atoms with Crippen molar-refractivity contribution < 1.29 is 9.21 Å². The van der Waals surface area contributed by atoms with E-state index in [-0.39, 0.29) is 18.5 Å². The van der Waals surface area contributed by atoms with Gasteiger partial charge in [0.2, 0.25) is 5.89 Å². The summed E-state index contributed by atoms with van der Waals surface area (Å²) < 4.78 is 5.74. The van der Waals surface area contributed by atoms with Crippen molar-refractivity contribution in [3.05, 3.63) is 42.6 Å². The van der Waals surface area contributed by atoms with Crippen LogP contribution in [-0.2, 0) is 0 Å². The van der Waals surface area contributed by atoms with Gasteiger partial charge in [0, 0.05) is 31.0 Å². The normalized spacial score (nSPS) is 11.7. The molecule has 0 saturated carbocycles. The summed E-state index contributed by atoms with van der Waals surface area (Å²) in [5.74, 6) is 0.429. The van der Waals surface area contributed by atoms with E-state index in [2.05, 4.69) is 21.4 Å². The summed E-state index contributed by atoms with van der Waals surface area (Å²) in [5, 5.41) is 11.5. The third-order valence-electron chi connectivity index (χ3n) is 3.89. The highest BCUT2D eigenvalue weighted by Crippen LogP contribution is 2.25. The number of hydrogen-bond donors (Lipinski definition) is 1. The summed E-state index contributed by atoms with van der Waals surface area (Å²) in [5.41, 5.74) is 2.49. The summed E-state index contributed by atoms with van der Waals surface area (Å²) in [6.07, 6.45) is 1.95. The molecule has 0 aliphatic heterocycles. The molecule has 2 aromatic heterocycles. The lowest BCUT2D eigenvalue weighted by Crippen LogP contribution is -2.38. The van der Waals surface area contributed by atoms with Gasteiger partial charge in [-0.05, 0) is 31.2 Å². The van der Waals surface area contributed by atoms with Gasteiger partial charge in [0.05, 0.1) is 12.5 Å². The van der Waals surface area contributed by atoms with Gasteiger partial charge < -0.3 is 14.6 Å². The molecule has 3 rings (SSSR count). The molecule has 0 bridgehead atoms. The van der Waals surface area contributed by atoms with Gasteiger partial charge in [-0.25, -0.2) is 9.78 Å². The lowest BCUT2D eigenvalue weighted by Gasteiger charge is -2.23. The molecule has 0 radical (unpaired) electrons. The van der Waals surface area contributed by atoms with Gasteiger partial charge in [-0.15, -0.1) is 0 Å². The van der Waals surface area contributed by atoms with Crippen LogP contribution in [0.2, 0.25) is 0 Å². The van der Waals surface area contributed by atoms with Crippen LogP contribution in [0, 0.1) is 11.3 Å². The van der Waals surface area contributed by atoms with E-state index in [1.165, 1.54) is 4.90 Å². The minimum Gasteiger partial charge on any atom is -0.435 e. The molecule has 0 unspecified atom stereocenters. The molecule has 25 heavy (non-hydrogen) atoms. The monoisotopic (exact) mass is 335 g/mol. The first-order valence-electron chi connectivity index (χ1n) is 7.81. The van der Waals surface area contributed by atoms with Crippen LogP contribution in [-0.4, -0.2) is 34.0 Å². The number of urea groups is 1. The summed E-state index contributed by atoms with van der Waals surface area (Å²) in [4.78, 5) is 22.4. The molecule has 0 fully saturated rings. The van der Waals surface area contributed by atoms with Crippen LogP contribution < -0.4 is 5.32 Å². The van der Waals surface area contributed by atoms with E-state index in [1.54, 1.807) is 31.4 Å². The number of oxazole rings is 1. The van der Waals surface area contributed by atoms with Crippen LogP contribution in [0.4, 0.5) is 10.5 Å². The number of aromatic nitrogens is 2. The van der Waals surface area contributed by atoms with Crippen LogP contribution in [0.25, 0.3) is 22.7 Å². The van der Waals surface area contributed by atoms with Gasteiger partial charge in [0.1, 0.15) is 11.2 Å². The van der Waals surface area contributed by atoms with Crippen LogP contribution in [0.3, 0.4) is 0 Å². The predicted molar refractivity (Wildman–Crippen MR) is 93.7 cm³/mol. The minimum atomic E-state index is -0.286. The number of carbonyl (C=O) groups is 1. The van der Waals surface area contributed by atoms with Crippen LogP contribution in [0.1, 0.15) is 13.3 Å². The molecule has 0 saturated heterocycles. The number of benzene rings is 1. The van der Waals surface area contributed by atoms with Crippen molar-refractivity contribution in [3.63, 3.8) is 0 Å². The molecule has 2 amide bonds. The second-order valence-electron chi connectivity index (χ2n) is 5.67. The van der Waals surface area contributed by atoms with Crippen LogP contribution in [0.5, 0.6) is 0 Å². The maximum atomic E-state index is 12.2. The fraction of sp³-hybridized carbons (Fsp3) is 0.222. The molecule has 7 nitrogen and oxygen atoms in total. The summed E-state index contributed by atoms with van der Waals surface area (Å²) in [6.45, 7) is 1.82. The average Bonchev–Trinajstić information content (AvgIpc) is 3.05. The molecule has 0 aliphatic carbocycles. The van der Waals surface area contributed by atoms with Gasteiger partial charge in [-0.1, -0.05) is 6.07 Å². The molecule has 0 spiro atoms. The fourth-order valence-electron chi connectivity index (χ4n) is 2.28. The quantitative estimate of drug-likeness (QED) is 0.785. The highest BCUT2D eigenvalue weighted by molar-refractivity contribution is 5.91. The maximum Gasteiger partial charge on any atom is 0.321 e. The number of amides is 2. The number of anilines is 1. The second kappa shape index (κ2) is 7.01. The third kappa shape index (κ3) is 3.58. The summed E-state index contributed by atoms with van der Waals surface area (Å²) >= 11 is 0. The average molecular weight is 335 g/mol. The molecule has 3 aromatic rings. The zero-order valence-electron chi connectivity index (χ0n) is 13.9. The van der Waals surface area contributed by atoms with E-state index in [9.17, 15) is 4.79 Å². The third-order valence-corrected chi connectivity index (χ3v) is 3.89. The summed E-state index contributed by atoms with van der Waals surface area (Å²) in [7, 11) is 1.66. The van der Waals surface area contributed by atoms with Crippen molar-refractivity contribution in [1.82, 2.24) is 14.9 Å². The SMILES string of the molecule is C[C@H](CC#N)N(C)C(=O)Nc1ccc2nc(-c3ccccn3)oc2c1. The number of fused-ring (bicyclic) bond motifs is 1. The van der Waals surface area contributed by atoms with E-state index in [0.29, 0.717) is 28.4 Å². The van der Waals surface area contributed by atoms with Crippen molar-refractivity contribution in [3.8, 4) is 17.7 Å². The van der Waals surface area contributed by atoms with Crippen LogP contribution >= 0.6 is 0 Å². The Balaban J connectivity index is 1.80. The molecule has 1 atom stereocenters. The molecular weight excluding hydrogens is 318 g/mol. The Morgan fingerprint density at radius 2 is 2.24 bits per heavy atom. The lowest BCUT2D eigenvalue weighted by atomic mass is 10.2. The standard InChI is InChI=1S/C18H17N5O2/c1-12(8-9-19)23(2)18(24)21-13-6-7-14-16(11-13)25-17(22-14)15-5-3-4-10-20-15/h3-7,10-12H,8H2,1-2H3,(H,21,24)/t12-/m1/s1. The first-order valence-corrected chi connectivity index (χ1v) is 7.81. The van der Waals surface area contributed by atoms with Crippen molar-refractivity contribution in [2.75, 3.05) is 12.4 Å². The minimum absolute atomic E-state index is 0.172. The van der Waals surface area contributed by atoms with E-state index >= 15 is 0 Å². The zero-order chi connectivity index (χ0) is 17.8. The molecule has 0 aliphatic rings. The van der Waals surface area contributed by atoms with Gasteiger partial charge in [0.25, 0.3) is 0 Å². The number of nitrogens with one attached hydrogen (secondary N) is 1. The van der Waals surface area contributed by atoms with Gasteiger partial charge in [-0.2, -0.15) is 5.26 Å². The molecule has 1 aromatic carbocycles. The predicted octanol–water partition coefficient (Wildman–Crippen LogP) is 3.66. The number of pyridine rings is 1. The van der Waals surface area contributed by atoms with Crippen molar-refractivity contribution in [2.24, 2.45) is 0 Å². The Morgan fingerprint density at radius 3 is 2.96 bits per heavy atom. The van der Waals surface area contributed by atoms with E-state index in [4.69, 9.17) is 9.68 Å². The molecule has 2 heterocycles. The molecule has 126 valence electrons. The number of nitriles is 1. The Labute approximate surface area is 144 Å². The Kier molecular flexibility index (Phi) is 4.61. The highest BCUT2D eigenvalue weighted by atomic mass is 16.3. The first-order chi connectivity index (χ1) is 12.1. The molecular formula is C18H17N5O2. The number of carbonyl (C=O) groups excluding carboxylic acids is 1. The smallest absolute Gasteiger partial charge is 0.321 e. The molecule has 7 heteroatoms. The molecule has 1 N–H and O–H groups in total.